The molecule has 0 fully saturated rings. The molecular formula is C19H25BrN2O3. The molecule has 0 saturated heterocycles. The highest BCUT2D eigenvalue weighted by atomic mass is 79.9. The van der Waals surface area contributed by atoms with Gasteiger partial charge in [-0.15, -0.1) is 0 Å². The van der Waals surface area contributed by atoms with E-state index in [9.17, 15) is 9.90 Å². The van der Waals surface area contributed by atoms with E-state index in [1.54, 1.807) is 20.8 Å². The molecule has 0 atom stereocenters. The number of hydrogen-bond acceptors (Lipinski definition) is 4. The summed E-state index contributed by atoms with van der Waals surface area (Å²) in [7, 11) is 0. The van der Waals surface area contributed by atoms with Crippen LogP contribution in [0.5, 0.6) is 0 Å². The Morgan fingerprint density at radius 3 is 2.40 bits per heavy atom. The van der Waals surface area contributed by atoms with Crippen molar-refractivity contribution in [1.82, 2.24) is 9.55 Å². The Hall–Kier alpha value is -1.66. The van der Waals surface area contributed by atoms with Crippen LogP contribution in [0.4, 0.5) is 0 Å². The van der Waals surface area contributed by atoms with Gasteiger partial charge in [-0.3, -0.25) is 4.57 Å². The molecule has 2 aromatic rings. The molecule has 0 bridgehead atoms. The summed E-state index contributed by atoms with van der Waals surface area (Å²) in [6.45, 7) is 7.35. The molecule has 25 heavy (non-hydrogen) atoms. The molecule has 1 N–H and O–H groups in total. The number of imidazole rings is 1. The van der Waals surface area contributed by atoms with Gasteiger partial charge in [-0.1, -0.05) is 35.0 Å². The fourth-order valence-electron chi connectivity index (χ4n) is 2.68. The van der Waals surface area contributed by atoms with Gasteiger partial charge in [-0.25, -0.2) is 9.78 Å². The third-order valence-electron chi connectivity index (χ3n) is 3.82. The number of ether oxygens (including phenoxy) is 1. The minimum absolute atomic E-state index is 0.265. The van der Waals surface area contributed by atoms with Gasteiger partial charge in [-0.2, -0.15) is 0 Å². The van der Waals surface area contributed by atoms with E-state index in [0.29, 0.717) is 17.8 Å². The average Bonchev–Trinajstić information content (AvgIpc) is 2.95. The Morgan fingerprint density at radius 1 is 1.28 bits per heavy atom. The number of benzene rings is 1. The largest absolute Gasteiger partial charge is 0.461 e. The minimum atomic E-state index is -1.24. The summed E-state index contributed by atoms with van der Waals surface area (Å²) >= 11 is 3.44. The quantitative estimate of drug-likeness (QED) is 0.552. The summed E-state index contributed by atoms with van der Waals surface area (Å²) in [4.78, 5) is 17.2. The molecule has 1 heterocycles. The number of nitrogens with zero attached hydrogens (tertiary/aromatic N) is 2. The zero-order valence-corrected chi connectivity index (χ0v) is 16.8. The van der Waals surface area contributed by atoms with E-state index < -0.39 is 11.6 Å². The van der Waals surface area contributed by atoms with Crippen molar-refractivity contribution >= 4 is 21.9 Å². The number of aryl methyl sites for hydroxylation is 1. The molecule has 0 aliphatic carbocycles. The molecule has 0 unspecified atom stereocenters. The number of hydrogen-bond donors (Lipinski definition) is 1. The molecule has 0 aliphatic rings. The number of carbonyl (C=O) groups is 1. The molecule has 0 amide bonds. The maximum Gasteiger partial charge on any atom is 0.357 e. The van der Waals surface area contributed by atoms with Crippen LogP contribution in [0.2, 0.25) is 0 Å². The predicted octanol–water partition coefficient (Wildman–Crippen LogP) is 4.12. The first-order chi connectivity index (χ1) is 11.8. The number of esters is 1. The van der Waals surface area contributed by atoms with E-state index in [-0.39, 0.29) is 6.61 Å². The highest BCUT2D eigenvalue weighted by Gasteiger charge is 2.32. The van der Waals surface area contributed by atoms with Crippen molar-refractivity contribution in [3.8, 4) is 5.69 Å². The van der Waals surface area contributed by atoms with Crippen molar-refractivity contribution in [2.45, 2.75) is 51.5 Å². The summed E-state index contributed by atoms with van der Waals surface area (Å²) in [5, 5.41) is 11.3. The number of aliphatic hydroxyl groups is 1. The lowest BCUT2D eigenvalue weighted by Crippen LogP contribution is -2.23. The number of aromatic nitrogens is 2. The standard InChI is InChI=1S/C19H25BrN2O3/c1-5-7-15-21-17(19(3,4)24)16(18(23)25-6-2)22(15)14-10-8-13(12-20)9-11-14/h8-11,24H,5-7,12H2,1-4H3. The molecular weight excluding hydrogens is 384 g/mol. The van der Waals surface area contributed by atoms with Gasteiger partial charge >= 0.3 is 5.97 Å². The summed E-state index contributed by atoms with van der Waals surface area (Å²) in [6.07, 6.45) is 1.58. The van der Waals surface area contributed by atoms with Crippen LogP contribution >= 0.6 is 15.9 Å². The number of alkyl halides is 1. The van der Waals surface area contributed by atoms with Gasteiger partial charge in [0, 0.05) is 17.4 Å². The summed E-state index contributed by atoms with van der Waals surface area (Å²) < 4.78 is 7.06. The van der Waals surface area contributed by atoms with Crippen molar-refractivity contribution in [3.05, 3.63) is 47.0 Å². The second-order valence-corrected chi connectivity index (χ2v) is 6.95. The van der Waals surface area contributed by atoms with Gasteiger partial charge in [0.05, 0.1) is 6.61 Å². The molecule has 136 valence electrons. The fraction of sp³-hybridized carbons (Fsp3) is 0.474. The molecule has 0 spiro atoms. The van der Waals surface area contributed by atoms with E-state index in [1.165, 1.54) is 0 Å². The highest BCUT2D eigenvalue weighted by Crippen LogP contribution is 2.28. The van der Waals surface area contributed by atoms with Crippen molar-refractivity contribution in [2.24, 2.45) is 0 Å². The second-order valence-electron chi connectivity index (χ2n) is 6.39. The lowest BCUT2D eigenvalue weighted by molar-refractivity contribution is 0.0472. The van der Waals surface area contributed by atoms with E-state index in [0.717, 1.165) is 28.8 Å². The van der Waals surface area contributed by atoms with Crippen LogP contribution in [0.3, 0.4) is 0 Å². The molecule has 0 aliphatic heterocycles. The Labute approximate surface area is 157 Å². The van der Waals surface area contributed by atoms with Crippen LogP contribution in [0.15, 0.2) is 24.3 Å². The molecule has 1 aromatic heterocycles. The summed E-state index contributed by atoms with van der Waals surface area (Å²) in [5.74, 6) is 0.272. The van der Waals surface area contributed by atoms with Crippen LogP contribution in [-0.2, 0) is 22.1 Å². The van der Waals surface area contributed by atoms with Gasteiger partial charge in [0.25, 0.3) is 0 Å². The van der Waals surface area contributed by atoms with Crippen molar-refractivity contribution < 1.29 is 14.6 Å². The maximum atomic E-state index is 12.6. The third-order valence-corrected chi connectivity index (χ3v) is 4.47. The lowest BCUT2D eigenvalue weighted by atomic mass is 10.0. The molecule has 0 radical (unpaired) electrons. The third kappa shape index (κ3) is 4.30. The second kappa shape index (κ2) is 8.15. The predicted molar refractivity (Wildman–Crippen MR) is 101 cm³/mol. The first-order valence-corrected chi connectivity index (χ1v) is 9.62. The zero-order chi connectivity index (χ0) is 18.6. The zero-order valence-electron chi connectivity index (χ0n) is 15.2. The van der Waals surface area contributed by atoms with Gasteiger partial charge in [-0.05, 0) is 44.9 Å². The lowest BCUT2D eigenvalue weighted by Gasteiger charge is -2.17. The van der Waals surface area contributed by atoms with Crippen LogP contribution < -0.4 is 0 Å². The van der Waals surface area contributed by atoms with Crippen LogP contribution in [0.1, 0.15) is 61.7 Å². The molecule has 0 saturated carbocycles. The van der Waals surface area contributed by atoms with E-state index in [1.807, 2.05) is 28.8 Å². The Kier molecular flexibility index (Phi) is 6.41. The van der Waals surface area contributed by atoms with Crippen LogP contribution in [0, 0.1) is 0 Å². The van der Waals surface area contributed by atoms with E-state index in [4.69, 9.17) is 4.74 Å². The molecule has 2 rings (SSSR count). The minimum Gasteiger partial charge on any atom is -0.461 e. The maximum absolute atomic E-state index is 12.6. The van der Waals surface area contributed by atoms with E-state index >= 15 is 0 Å². The van der Waals surface area contributed by atoms with Crippen molar-refractivity contribution in [1.29, 1.82) is 0 Å². The number of carbonyl (C=O) groups excluding carboxylic acids is 1. The molecule has 1 aromatic carbocycles. The van der Waals surface area contributed by atoms with Gasteiger partial charge in [0.1, 0.15) is 17.1 Å². The number of halogens is 1. The first-order valence-electron chi connectivity index (χ1n) is 8.50. The SMILES string of the molecule is CCCc1nc(C(C)(C)O)c(C(=O)OCC)n1-c1ccc(CBr)cc1. The number of rotatable bonds is 7. The molecule has 6 heteroatoms. The van der Waals surface area contributed by atoms with Gasteiger partial charge in [0.15, 0.2) is 5.69 Å². The fourth-order valence-corrected chi connectivity index (χ4v) is 3.06. The van der Waals surface area contributed by atoms with E-state index in [2.05, 4.69) is 27.8 Å². The van der Waals surface area contributed by atoms with Gasteiger partial charge in [0.2, 0.25) is 0 Å². The monoisotopic (exact) mass is 408 g/mol. The summed E-state index contributed by atoms with van der Waals surface area (Å²) in [5.41, 5.74) is 1.37. The first kappa shape index (κ1) is 19.7. The van der Waals surface area contributed by atoms with Crippen LogP contribution in [0.25, 0.3) is 5.69 Å². The van der Waals surface area contributed by atoms with Crippen LogP contribution in [-0.4, -0.2) is 27.2 Å². The Balaban J connectivity index is 2.72. The molecule has 5 nitrogen and oxygen atoms in total. The normalized spacial score (nSPS) is 11.6. The topological polar surface area (TPSA) is 64.3 Å². The average molecular weight is 409 g/mol. The smallest absolute Gasteiger partial charge is 0.357 e. The summed E-state index contributed by atoms with van der Waals surface area (Å²) in [6, 6.07) is 7.90. The highest BCUT2D eigenvalue weighted by molar-refractivity contribution is 9.08. The Morgan fingerprint density at radius 2 is 1.92 bits per heavy atom. The van der Waals surface area contributed by atoms with Crippen molar-refractivity contribution in [3.63, 3.8) is 0 Å². The Bertz CT molecular complexity index is 730. The van der Waals surface area contributed by atoms with Gasteiger partial charge < -0.3 is 9.84 Å². The van der Waals surface area contributed by atoms with Crippen molar-refractivity contribution in [2.75, 3.05) is 6.61 Å².